The first kappa shape index (κ1) is 16.8. The SMILES string of the molecule is COc1ccc(Br)cc1Cn1c(Cl)nc2c1c(=O)n(C)c(=O)n2C. The van der Waals surface area contributed by atoms with Crippen LogP contribution in [-0.4, -0.2) is 25.8 Å². The van der Waals surface area contributed by atoms with Gasteiger partial charge in [0, 0.05) is 24.1 Å². The number of aromatic nitrogens is 4. The van der Waals surface area contributed by atoms with Gasteiger partial charge < -0.3 is 9.30 Å². The molecule has 0 bridgehead atoms. The summed E-state index contributed by atoms with van der Waals surface area (Å²) in [6.45, 7) is 0.283. The minimum absolute atomic E-state index is 0.130. The first-order valence-corrected chi connectivity index (χ1v) is 8.16. The average molecular weight is 414 g/mol. The molecule has 0 aliphatic carbocycles. The standard InChI is InChI=1S/C15H14BrClN4O3/c1-19-12-11(13(22)20(2)15(19)23)21(14(17)18-12)7-8-6-9(16)4-5-10(8)24-3/h4-6H,7H2,1-3H3. The van der Waals surface area contributed by atoms with E-state index in [1.54, 1.807) is 18.7 Å². The topological polar surface area (TPSA) is 71.1 Å². The number of halogens is 2. The number of benzene rings is 1. The number of aryl methyl sites for hydroxylation is 1. The first-order valence-electron chi connectivity index (χ1n) is 6.99. The number of ether oxygens (including phenoxy) is 1. The lowest BCUT2D eigenvalue weighted by Crippen LogP contribution is -2.37. The minimum Gasteiger partial charge on any atom is -0.496 e. The van der Waals surface area contributed by atoms with Gasteiger partial charge in [-0.25, -0.2) is 4.79 Å². The van der Waals surface area contributed by atoms with Crippen molar-refractivity contribution in [1.82, 2.24) is 18.7 Å². The number of imidazole rings is 1. The molecule has 3 rings (SSSR count). The minimum atomic E-state index is -0.450. The number of nitrogens with zero attached hydrogens (tertiary/aromatic N) is 4. The fourth-order valence-electron chi connectivity index (χ4n) is 2.61. The molecule has 0 saturated carbocycles. The summed E-state index contributed by atoms with van der Waals surface area (Å²) in [5.41, 5.74) is 0.452. The molecule has 2 aromatic heterocycles. The third kappa shape index (κ3) is 2.55. The molecule has 3 aromatic rings. The molecule has 0 aliphatic rings. The van der Waals surface area contributed by atoms with Gasteiger partial charge in [0.1, 0.15) is 5.75 Å². The maximum absolute atomic E-state index is 12.5. The number of hydrogen-bond donors (Lipinski definition) is 0. The molecule has 24 heavy (non-hydrogen) atoms. The summed E-state index contributed by atoms with van der Waals surface area (Å²) in [5.74, 6) is 0.665. The molecule has 0 unspecified atom stereocenters. The number of fused-ring (bicyclic) bond motifs is 1. The summed E-state index contributed by atoms with van der Waals surface area (Å²) >= 11 is 9.66. The summed E-state index contributed by atoms with van der Waals surface area (Å²) in [4.78, 5) is 28.7. The molecule has 0 fully saturated rings. The third-order valence-corrected chi connectivity index (χ3v) is 4.65. The molecular weight excluding hydrogens is 400 g/mol. The van der Waals surface area contributed by atoms with Crippen LogP contribution in [0.1, 0.15) is 5.56 Å². The zero-order valence-electron chi connectivity index (χ0n) is 13.2. The number of methoxy groups -OCH3 is 1. The largest absolute Gasteiger partial charge is 0.496 e. The third-order valence-electron chi connectivity index (χ3n) is 3.87. The maximum atomic E-state index is 12.5. The molecule has 1 aromatic carbocycles. The van der Waals surface area contributed by atoms with Crippen LogP contribution in [0.25, 0.3) is 11.2 Å². The lowest BCUT2D eigenvalue weighted by atomic mass is 10.2. The highest BCUT2D eigenvalue weighted by Crippen LogP contribution is 2.26. The summed E-state index contributed by atoms with van der Waals surface area (Å²) in [7, 11) is 4.55. The molecule has 9 heteroatoms. The number of rotatable bonds is 3. The Hall–Kier alpha value is -2.06. The molecule has 0 atom stereocenters. The molecule has 2 heterocycles. The van der Waals surface area contributed by atoms with E-state index >= 15 is 0 Å². The summed E-state index contributed by atoms with van der Waals surface area (Å²) < 4.78 is 10.1. The molecule has 0 N–H and O–H groups in total. The van der Waals surface area contributed by atoms with Gasteiger partial charge >= 0.3 is 5.69 Å². The van der Waals surface area contributed by atoms with Gasteiger partial charge in [-0.1, -0.05) is 15.9 Å². The summed E-state index contributed by atoms with van der Waals surface area (Å²) in [5, 5.41) is 0.130. The fraction of sp³-hybridized carbons (Fsp3) is 0.267. The Morgan fingerprint density at radius 3 is 2.62 bits per heavy atom. The van der Waals surface area contributed by atoms with Crippen LogP contribution in [0.3, 0.4) is 0 Å². The van der Waals surface area contributed by atoms with Gasteiger partial charge in [-0.2, -0.15) is 4.98 Å². The Morgan fingerprint density at radius 1 is 1.25 bits per heavy atom. The lowest BCUT2D eigenvalue weighted by Gasteiger charge is -2.11. The van der Waals surface area contributed by atoms with E-state index in [0.29, 0.717) is 5.75 Å². The molecule has 7 nitrogen and oxygen atoms in total. The second-order valence-electron chi connectivity index (χ2n) is 5.30. The molecule has 126 valence electrons. The summed E-state index contributed by atoms with van der Waals surface area (Å²) in [6.07, 6.45) is 0. The zero-order valence-corrected chi connectivity index (χ0v) is 15.6. The second-order valence-corrected chi connectivity index (χ2v) is 6.55. The van der Waals surface area contributed by atoms with E-state index in [4.69, 9.17) is 16.3 Å². The van der Waals surface area contributed by atoms with E-state index in [9.17, 15) is 9.59 Å². The van der Waals surface area contributed by atoms with E-state index in [-0.39, 0.29) is 23.0 Å². The van der Waals surface area contributed by atoms with Crippen LogP contribution in [0.2, 0.25) is 5.28 Å². The normalized spacial score (nSPS) is 11.2. The number of hydrogen-bond acceptors (Lipinski definition) is 4. The predicted molar refractivity (Wildman–Crippen MR) is 95.0 cm³/mol. The fourth-order valence-corrected chi connectivity index (χ4v) is 3.24. The average Bonchev–Trinajstić information content (AvgIpc) is 2.88. The van der Waals surface area contributed by atoms with E-state index in [1.807, 2.05) is 18.2 Å². The molecule has 0 amide bonds. The van der Waals surface area contributed by atoms with Crippen LogP contribution >= 0.6 is 27.5 Å². The first-order chi connectivity index (χ1) is 11.3. The molecule has 0 aliphatic heterocycles. The quantitative estimate of drug-likeness (QED) is 0.615. The van der Waals surface area contributed by atoms with Crippen molar-refractivity contribution in [2.24, 2.45) is 14.1 Å². The second kappa shape index (κ2) is 6.10. The van der Waals surface area contributed by atoms with E-state index < -0.39 is 11.2 Å². The highest BCUT2D eigenvalue weighted by atomic mass is 79.9. The van der Waals surface area contributed by atoms with Crippen molar-refractivity contribution in [2.75, 3.05) is 7.11 Å². The van der Waals surface area contributed by atoms with Crippen molar-refractivity contribution in [3.63, 3.8) is 0 Å². The smallest absolute Gasteiger partial charge is 0.332 e. The molecular formula is C15H14BrClN4O3. The van der Waals surface area contributed by atoms with Gasteiger partial charge in [-0.3, -0.25) is 13.9 Å². The maximum Gasteiger partial charge on any atom is 0.332 e. The Balaban J connectivity index is 2.29. The Kier molecular flexibility index (Phi) is 4.27. The Labute approximate surface area is 150 Å². The van der Waals surface area contributed by atoms with Crippen LogP contribution in [0, 0.1) is 0 Å². The van der Waals surface area contributed by atoms with Gasteiger partial charge in [-0.05, 0) is 29.8 Å². The van der Waals surface area contributed by atoms with Gasteiger partial charge in [0.05, 0.1) is 13.7 Å². The van der Waals surface area contributed by atoms with Crippen molar-refractivity contribution in [3.05, 3.63) is 54.4 Å². The highest BCUT2D eigenvalue weighted by molar-refractivity contribution is 9.10. The molecule has 0 spiro atoms. The van der Waals surface area contributed by atoms with Crippen molar-refractivity contribution in [3.8, 4) is 5.75 Å². The Bertz CT molecular complexity index is 1070. The van der Waals surface area contributed by atoms with Crippen molar-refractivity contribution in [1.29, 1.82) is 0 Å². The van der Waals surface area contributed by atoms with Crippen LogP contribution in [-0.2, 0) is 20.6 Å². The molecule has 0 saturated heterocycles. The van der Waals surface area contributed by atoms with Gasteiger partial charge in [-0.15, -0.1) is 0 Å². The van der Waals surface area contributed by atoms with E-state index in [2.05, 4.69) is 20.9 Å². The van der Waals surface area contributed by atoms with Crippen molar-refractivity contribution >= 4 is 38.7 Å². The van der Waals surface area contributed by atoms with Crippen LogP contribution in [0.15, 0.2) is 32.3 Å². The van der Waals surface area contributed by atoms with Crippen molar-refractivity contribution in [2.45, 2.75) is 6.54 Å². The monoisotopic (exact) mass is 412 g/mol. The zero-order chi connectivity index (χ0) is 17.6. The Morgan fingerprint density at radius 2 is 1.96 bits per heavy atom. The van der Waals surface area contributed by atoms with E-state index in [0.717, 1.165) is 14.6 Å². The van der Waals surface area contributed by atoms with Crippen LogP contribution in [0.5, 0.6) is 5.75 Å². The summed E-state index contributed by atoms with van der Waals surface area (Å²) in [6, 6.07) is 5.56. The lowest BCUT2D eigenvalue weighted by molar-refractivity contribution is 0.408. The highest BCUT2D eigenvalue weighted by Gasteiger charge is 2.19. The van der Waals surface area contributed by atoms with Crippen LogP contribution in [0.4, 0.5) is 0 Å². The van der Waals surface area contributed by atoms with Gasteiger partial charge in [0.25, 0.3) is 5.56 Å². The molecule has 0 radical (unpaired) electrons. The van der Waals surface area contributed by atoms with Gasteiger partial charge in [0.15, 0.2) is 11.2 Å². The van der Waals surface area contributed by atoms with Gasteiger partial charge in [0.2, 0.25) is 5.28 Å². The van der Waals surface area contributed by atoms with Crippen molar-refractivity contribution < 1.29 is 4.74 Å². The van der Waals surface area contributed by atoms with E-state index in [1.165, 1.54) is 11.6 Å². The van der Waals surface area contributed by atoms with Crippen LogP contribution < -0.4 is 16.0 Å². The predicted octanol–water partition coefficient (Wildman–Crippen LogP) is 1.91.